The summed E-state index contributed by atoms with van der Waals surface area (Å²) in [5, 5.41) is 0. The molecule has 0 aromatic carbocycles. The van der Waals surface area contributed by atoms with E-state index in [9.17, 15) is 4.79 Å². The zero-order chi connectivity index (χ0) is 14.6. The molecule has 2 nitrogen and oxygen atoms in total. The summed E-state index contributed by atoms with van der Waals surface area (Å²) in [5.74, 6) is 0. The predicted octanol–water partition coefficient (Wildman–Crippen LogP) is 5.54. The van der Waals surface area contributed by atoms with E-state index in [0.29, 0.717) is 6.42 Å². The third kappa shape index (κ3) is 27.0. The first-order valence-electron chi connectivity index (χ1n) is 8.34. The second kappa shape index (κ2) is 22.8. The average Bonchev–Trinajstić information content (AvgIpc) is 2.45. The van der Waals surface area contributed by atoms with Crippen LogP contribution in [0.4, 0.5) is 0 Å². The smallest absolute Gasteiger partial charge is 0.119 e. The van der Waals surface area contributed by atoms with Crippen molar-refractivity contribution in [2.45, 2.75) is 91.4 Å². The van der Waals surface area contributed by atoms with Gasteiger partial charge in [-0.2, -0.15) is 0 Å². The van der Waals surface area contributed by atoms with Gasteiger partial charge in [-0.15, -0.1) is 0 Å². The van der Waals surface area contributed by atoms with Crippen molar-refractivity contribution < 1.29 is 9.53 Å². The lowest BCUT2D eigenvalue weighted by Gasteiger charge is -2.03. The summed E-state index contributed by atoms with van der Waals surface area (Å²) in [6.07, 6.45) is 14.9. The maximum atomic E-state index is 9.17. The van der Waals surface area contributed by atoms with E-state index in [4.69, 9.17) is 4.74 Å². The summed E-state index contributed by atoms with van der Waals surface area (Å²) in [5.41, 5.74) is 0. The van der Waals surface area contributed by atoms with Gasteiger partial charge in [0.2, 0.25) is 0 Å². The van der Waals surface area contributed by atoms with Crippen molar-refractivity contribution in [1.29, 1.82) is 0 Å². The van der Waals surface area contributed by atoms with Gasteiger partial charge < -0.3 is 9.53 Å². The van der Waals surface area contributed by atoms with Crippen molar-refractivity contribution in [2.75, 3.05) is 13.2 Å². The van der Waals surface area contributed by atoms with Gasteiger partial charge >= 0.3 is 0 Å². The van der Waals surface area contributed by atoms with Crippen LogP contribution in [0.2, 0.25) is 0 Å². The number of unbranched alkanes of at least 4 members (excludes halogenated alkanes) is 8. The molecule has 0 saturated carbocycles. The molecule has 0 aliphatic rings. The Hall–Kier alpha value is -0.370. The minimum atomic E-state index is 0.639. The second-order valence-electron chi connectivity index (χ2n) is 5.02. The molecule has 0 unspecified atom stereocenters. The number of carbonyl (C=O) groups excluding carboxylic acids is 1. The van der Waals surface area contributed by atoms with E-state index in [0.717, 1.165) is 19.5 Å². The van der Waals surface area contributed by atoms with Crippen LogP contribution in [0.1, 0.15) is 91.4 Å². The third-order valence-electron chi connectivity index (χ3n) is 2.95. The van der Waals surface area contributed by atoms with Crippen LogP contribution in [0.3, 0.4) is 0 Å². The lowest BCUT2D eigenvalue weighted by molar-refractivity contribution is -0.107. The highest BCUT2D eigenvalue weighted by Gasteiger charge is 1.91. The van der Waals surface area contributed by atoms with Crippen molar-refractivity contribution in [2.24, 2.45) is 0 Å². The van der Waals surface area contributed by atoms with E-state index in [-0.39, 0.29) is 0 Å². The minimum Gasteiger partial charge on any atom is -0.381 e. The third-order valence-corrected chi connectivity index (χ3v) is 2.95. The van der Waals surface area contributed by atoms with E-state index in [1.54, 1.807) is 0 Å². The maximum absolute atomic E-state index is 9.17. The van der Waals surface area contributed by atoms with E-state index in [2.05, 4.69) is 13.8 Å². The largest absolute Gasteiger partial charge is 0.381 e. The maximum Gasteiger partial charge on any atom is 0.119 e. The van der Waals surface area contributed by atoms with Crippen LogP contribution >= 0.6 is 0 Å². The van der Waals surface area contributed by atoms with Gasteiger partial charge in [-0.25, -0.2) is 0 Å². The van der Waals surface area contributed by atoms with E-state index in [1.807, 2.05) is 6.92 Å². The molecular formula is C17H36O2. The lowest BCUT2D eigenvalue weighted by Crippen LogP contribution is -1.97. The fourth-order valence-corrected chi connectivity index (χ4v) is 1.72. The Morgan fingerprint density at radius 1 is 0.684 bits per heavy atom. The SMILES string of the molecule is CCC=O.CCCCCCCOCCCCCCC. The van der Waals surface area contributed by atoms with Crippen LogP contribution in [0.5, 0.6) is 0 Å². The Labute approximate surface area is 121 Å². The number of hydrogen-bond acceptors (Lipinski definition) is 2. The molecule has 0 saturated heterocycles. The van der Waals surface area contributed by atoms with Crippen molar-refractivity contribution in [3.8, 4) is 0 Å². The van der Waals surface area contributed by atoms with Crippen molar-refractivity contribution in [3.05, 3.63) is 0 Å². The Bertz CT molecular complexity index is 134. The first-order chi connectivity index (χ1) is 9.33. The second-order valence-corrected chi connectivity index (χ2v) is 5.02. The molecule has 0 fully saturated rings. The summed E-state index contributed by atoms with van der Waals surface area (Å²) >= 11 is 0. The minimum absolute atomic E-state index is 0.639. The molecule has 0 bridgehead atoms. The van der Waals surface area contributed by atoms with Crippen LogP contribution in [0.25, 0.3) is 0 Å². The highest BCUT2D eigenvalue weighted by Crippen LogP contribution is 2.04. The molecule has 116 valence electrons. The number of carbonyl (C=O) groups is 1. The molecule has 0 atom stereocenters. The molecule has 0 heterocycles. The Morgan fingerprint density at radius 3 is 1.37 bits per heavy atom. The first kappa shape index (κ1) is 20.9. The fourth-order valence-electron chi connectivity index (χ4n) is 1.72. The van der Waals surface area contributed by atoms with Crippen LogP contribution in [-0.4, -0.2) is 19.5 Å². The highest BCUT2D eigenvalue weighted by atomic mass is 16.5. The van der Waals surface area contributed by atoms with Crippen LogP contribution in [0.15, 0.2) is 0 Å². The first-order valence-corrected chi connectivity index (χ1v) is 8.34. The van der Waals surface area contributed by atoms with Gasteiger partial charge in [-0.05, 0) is 12.8 Å². The molecule has 0 spiro atoms. The van der Waals surface area contributed by atoms with Gasteiger partial charge in [-0.3, -0.25) is 0 Å². The summed E-state index contributed by atoms with van der Waals surface area (Å²) in [6, 6.07) is 0. The molecule has 0 aromatic rings. The van der Waals surface area contributed by atoms with Crippen molar-refractivity contribution in [1.82, 2.24) is 0 Å². The predicted molar refractivity (Wildman–Crippen MR) is 84.7 cm³/mol. The van der Waals surface area contributed by atoms with E-state index >= 15 is 0 Å². The Morgan fingerprint density at radius 2 is 1.05 bits per heavy atom. The van der Waals surface area contributed by atoms with Gasteiger partial charge in [0.05, 0.1) is 0 Å². The van der Waals surface area contributed by atoms with E-state index < -0.39 is 0 Å². The number of aldehydes is 1. The van der Waals surface area contributed by atoms with Gasteiger partial charge in [-0.1, -0.05) is 72.1 Å². The van der Waals surface area contributed by atoms with Gasteiger partial charge in [0.25, 0.3) is 0 Å². The molecule has 19 heavy (non-hydrogen) atoms. The Balaban J connectivity index is 0. The molecule has 0 aromatic heterocycles. The molecule has 0 rings (SSSR count). The molecule has 2 heteroatoms. The summed E-state index contributed by atoms with van der Waals surface area (Å²) in [6.45, 7) is 8.29. The molecule has 0 aliphatic carbocycles. The van der Waals surface area contributed by atoms with Crippen molar-refractivity contribution >= 4 is 6.29 Å². The zero-order valence-corrected chi connectivity index (χ0v) is 13.6. The summed E-state index contributed by atoms with van der Waals surface area (Å²) < 4.78 is 5.59. The van der Waals surface area contributed by atoms with Crippen LogP contribution < -0.4 is 0 Å². The molecule has 0 aliphatic heterocycles. The van der Waals surface area contributed by atoms with Crippen LogP contribution in [0, 0.1) is 0 Å². The standard InChI is InChI=1S/C14H30O.C3H6O/c1-3-5-7-9-11-13-15-14-12-10-8-6-4-2;1-2-3-4/h3-14H2,1-2H3;3H,2H2,1H3. The average molecular weight is 272 g/mol. The number of ether oxygens (including phenoxy) is 1. The topological polar surface area (TPSA) is 26.3 Å². The summed E-state index contributed by atoms with van der Waals surface area (Å²) in [4.78, 5) is 9.17. The van der Waals surface area contributed by atoms with E-state index in [1.165, 1.54) is 64.2 Å². The molecule has 0 radical (unpaired) electrons. The van der Waals surface area contributed by atoms with Gasteiger partial charge in [0, 0.05) is 19.6 Å². The fraction of sp³-hybridized carbons (Fsp3) is 0.941. The normalized spacial score (nSPS) is 9.84. The molecule has 0 amide bonds. The van der Waals surface area contributed by atoms with Crippen molar-refractivity contribution in [3.63, 3.8) is 0 Å². The monoisotopic (exact) mass is 272 g/mol. The lowest BCUT2D eigenvalue weighted by atomic mass is 10.1. The summed E-state index contributed by atoms with van der Waals surface area (Å²) in [7, 11) is 0. The van der Waals surface area contributed by atoms with Gasteiger partial charge in [0.15, 0.2) is 0 Å². The quantitative estimate of drug-likeness (QED) is 0.325. The highest BCUT2D eigenvalue weighted by molar-refractivity contribution is 5.48. The van der Waals surface area contributed by atoms with Gasteiger partial charge in [0.1, 0.15) is 6.29 Å². The van der Waals surface area contributed by atoms with Crippen LogP contribution in [-0.2, 0) is 9.53 Å². The Kier molecular flexibility index (Phi) is 25.1. The molecule has 0 N–H and O–H groups in total. The molecular weight excluding hydrogens is 236 g/mol. The zero-order valence-electron chi connectivity index (χ0n) is 13.6. The number of hydrogen-bond donors (Lipinski definition) is 0. The number of rotatable bonds is 13.